The quantitative estimate of drug-likeness (QED) is 0.879. The van der Waals surface area contributed by atoms with E-state index in [4.69, 9.17) is 5.73 Å². The van der Waals surface area contributed by atoms with Gasteiger partial charge < -0.3 is 5.73 Å². The summed E-state index contributed by atoms with van der Waals surface area (Å²) in [5.41, 5.74) is 11.4. The lowest BCUT2D eigenvalue weighted by Gasteiger charge is -2.06. The zero-order valence-electron chi connectivity index (χ0n) is 10.7. The molecule has 0 bridgehead atoms. The predicted molar refractivity (Wildman–Crippen MR) is 71.5 cm³/mol. The largest absolute Gasteiger partial charge is 0.396 e. The van der Waals surface area contributed by atoms with Gasteiger partial charge in [-0.25, -0.2) is 4.68 Å². The summed E-state index contributed by atoms with van der Waals surface area (Å²) in [6.45, 7) is 6.27. The van der Waals surface area contributed by atoms with Gasteiger partial charge in [0.2, 0.25) is 0 Å². The average Bonchev–Trinajstić information content (AvgIpc) is 2.66. The monoisotopic (exact) mass is 229 g/mol. The smallest absolute Gasteiger partial charge is 0.0858 e. The van der Waals surface area contributed by atoms with Gasteiger partial charge in [0.15, 0.2) is 0 Å². The molecule has 0 radical (unpaired) electrons. The molecule has 2 aromatic rings. The molecule has 0 saturated heterocycles. The number of aryl methyl sites for hydroxylation is 2. The fourth-order valence-corrected chi connectivity index (χ4v) is 2.02. The van der Waals surface area contributed by atoms with Crippen molar-refractivity contribution >= 4 is 5.69 Å². The number of aromatic nitrogens is 2. The van der Waals surface area contributed by atoms with Gasteiger partial charge in [-0.05, 0) is 31.9 Å². The maximum atomic E-state index is 6.11. The highest BCUT2D eigenvalue weighted by atomic mass is 15.3. The Labute approximate surface area is 102 Å². The fourth-order valence-electron chi connectivity index (χ4n) is 2.02. The number of nitrogens with zero attached hydrogens (tertiary/aromatic N) is 2. The molecule has 1 heterocycles. The van der Waals surface area contributed by atoms with Gasteiger partial charge in [0.25, 0.3) is 0 Å². The minimum absolute atomic E-state index is 0.843. The van der Waals surface area contributed by atoms with E-state index in [9.17, 15) is 0 Å². The first-order valence-electron chi connectivity index (χ1n) is 6.10. The highest BCUT2D eigenvalue weighted by molar-refractivity contribution is 5.52. The van der Waals surface area contributed by atoms with Gasteiger partial charge in [-0.2, -0.15) is 5.10 Å². The number of hydrogen-bond donors (Lipinski definition) is 1. The zero-order chi connectivity index (χ0) is 12.4. The third-order valence-corrected chi connectivity index (χ3v) is 3.05. The summed E-state index contributed by atoms with van der Waals surface area (Å²) in [6, 6.07) is 8.36. The third kappa shape index (κ3) is 2.05. The normalized spacial score (nSPS) is 10.8. The average molecular weight is 229 g/mol. The van der Waals surface area contributed by atoms with Gasteiger partial charge in [0.1, 0.15) is 0 Å². The number of nitrogen functional groups attached to an aromatic ring is 1. The molecule has 1 aromatic heterocycles. The van der Waals surface area contributed by atoms with Crippen LogP contribution in [-0.4, -0.2) is 9.78 Å². The number of hydrogen-bond acceptors (Lipinski definition) is 2. The van der Waals surface area contributed by atoms with Crippen molar-refractivity contribution in [1.29, 1.82) is 0 Å². The fraction of sp³-hybridized carbons (Fsp3) is 0.357. The maximum absolute atomic E-state index is 6.11. The van der Waals surface area contributed by atoms with Crippen molar-refractivity contribution in [3.63, 3.8) is 0 Å². The van der Waals surface area contributed by atoms with Crippen molar-refractivity contribution in [2.24, 2.45) is 0 Å². The molecule has 0 aliphatic carbocycles. The molecule has 17 heavy (non-hydrogen) atoms. The molecule has 90 valence electrons. The van der Waals surface area contributed by atoms with E-state index < -0.39 is 0 Å². The topological polar surface area (TPSA) is 43.8 Å². The van der Waals surface area contributed by atoms with Gasteiger partial charge >= 0.3 is 0 Å². The summed E-state index contributed by atoms with van der Waals surface area (Å²) in [5.74, 6) is 0. The Balaban J connectivity index is 2.54. The molecule has 3 nitrogen and oxygen atoms in total. The number of anilines is 1. The summed E-state index contributed by atoms with van der Waals surface area (Å²) in [6.07, 6.45) is 1.77. The summed E-state index contributed by atoms with van der Waals surface area (Å²) >= 11 is 0. The third-order valence-electron chi connectivity index (χ3n) is 3.05. The van der Waals surface area contributed by atoms with Crippen LogP contribution in [0, 0.1) is 6.92 Å². The van der Waals surface area contributed by atoms with Gasteiger partial charge in [-0.3, -0.25) is 0 Å². The minimum Gasteiger partial charge on any atom is -0.396 e. The van der Waals surface area contributed by atoms with Gasteiger partial charge in [0, 0.05) is 0 Å². The van der Waals surface area contributed by atoms with Crippen molar-refractivity contribution in [2.45, 2.75) is 33.6 Å². The number of rotatable bonds is 3. The number of benzene rings is 1. The van der Waals surface area contributed by atoms with E-state index in [1.165, 1.54) is 5.56 Å². The molecular formula is C14H19N3. The van der Waals surface area contributed by atoms with Crippen LogP contribution < -0.4 is 5.73 Å². The lowest BCUT2D eigenvalue weighted by Crippen LogP contribution is -2.02. The highest BCUT2D eigenvalue weighted by Gasteiger charge is 2.13. The molecule has 0 unspecified atom stereocenters. The second kappa shape index (κ2) is 4.62. The standard InChI is InChI=1S/C14H19N3/c1-4-12-14(15)13(5-2)17(16-12)11-8-6-10(3)7-9-11/h6-9H,4-5,15H2,1-3H3. The summed E-state index contributed by atoms with van der Waals surface area (Å²) in [5, 5.41) is 4.59. The van der Waals surface area contributed by atoms with Crippen LogP contribution in [-0.2, 0) is 12.8 Å². The lowest BCUT2D eigenvalue weighted by atomic mass is 10.2. The summed E-state index contributed by atoms with van der Waals surface area (Å²) < 4.78 is 1.97. The van der Waals surface area contributed by atoms with Crippen molar-refractivity contribution in [3.8, 4) is 5.69 Å². The zero-order valence-corrected chi connectivity index (χ0v) is 10.7. The highest BCUT2D eigenvalue weighted by Crippen LogP contribution is 2.22. The van der Waals surface area contributed by atoms with Crippen LogP contribution in [0.2, 0.25) is 0 Å². The first-order chi connectivity index (χ1) is 8.17. The van der Waals surface area contributed by atoms with Crippen LogP contribution in [0.25, 0.3) is 5.69 Å². The second-order valence-corrected chi connectivity index (χ2v) is 4.26. The predicted octanol–water partition coefficient (Wildman–Crippen LogP) is 2.89. The SMILES string of the molecule is CCc1nn(-c2ccc(C)cc2)c(CC)c1N. The molecule has 1 aromatic carbocycles. The van der Waals surface area contributed by atoms with E-state index in [-0.39, 0.29) is 0 Å². The Kier molecular flexibility index (Phi) is 3.18. The molecule has 2 N–H and O–H groups in total. The van der Waals surface area contributed by atoms with Crippen LogP contribution in [0.5, 0.6) is 0 Å². The van der Waals surface area contributed by atoms with Gasteiger partial charge in [0.05, 0.1) is 22.8 Å². The lowest BCUT2D eigenvalue weighted by molar-refractivity contribution is 0.794. The Morgan fingerprint density at radius 2 is 1.76 bits per heavy atom. The van der Waals surface area contributed by atoms with Crippen molar-refractivity contribution in [3.05, 3.63) is 41.2 Å². The minimum atomic E-state index is 0.843. The molecule has 0 aliphatic rings. The molecule has 3 heteroatoms. The first kappa shape index (κ1) is 11.7. The summed E-state index contributed by atoms with van der Waals surface area (Å²) in [4.78, 5) is 0. The molecule has 0 atom stereocenters. The Morgan fingerprint density at radius 1 is 1.12 bits per heavy atom. The van der Waals surface area contributed by atoms with Crippen LogP contribution in [0.1, 0.15) is 30.8 Å². The number of nitrogens with two attached hydrogens (primary N) is 1. The molecule has 0 fully saturated rings. The van der Waals surface area contributed by atoms with Crippen molar-refractivity contribution in [2.75, 3.05) is 5.73 Å². The second-order valence-electron chi connectivity index (χ2n) is 4.26. The van der Waals surface area contributed by atoms with E-state index in [0.717, 1.165) is 35.6 Å². The Hall–Kier alpha value is -1.77. The van der Waals surface area contributed by atoms with Crippen LogP contribution in [0.15, 0.2) is 24.3 Å². The van der Waals surface area contributed by atoms with E-state index in [0.29, 0.717) is 0 Å². The van der Waals surface area contributed by atoms with Gasteiger partial charge in [-0.15, -0.1) is 0 Å². The molecular weight excluding hydrogens is 210 g/mol. The van der Waals surface area contributed by atoms with E-state index in [2.05, 4.69) is 50.1 Å². The van der Waals surface area contributed by atoms with E-state index in [1.807, 2.05) is 4.68 Å². The molecule has 0 spiro atoms. The molecule has 0 aliphatic heterocycles. The summed E-state index contributed by atoms with van der Waals surface area (Å²) in [7, 11) is 0. The van der Waals surface area contributed by atoms with Crippen LogP contribution in [0.4, 0.5) is 5.69 Å². The Bertz CT molecular complexity index is 509. The van der Waals surface area contributed by atoms with Crippen LogP contribution in [0.3, 0.4) is 0 Å². The van der Waals surface area contributed by atoms with Gasteiger partial charge in [-0.1, -0.05) is 31.5 Å². The first-order valence-corrected chi connectivity index (χ1v) is 6.10. The van der Waals surface area contributed by atoms with Crippen molar-refractivity contribution in [1.82, 2.24) is 9.78 Å². The van der Waals surface area contributed by atoms with Crippen LogP contribution >= 0.6 is 0 Å². The van der Waals surface area contributed by atoms with Crippen molar-refractivity contribution < 1.29 is 0 Å². The van der Waals surface area contributed by atoms with E-state index >= 15 is 0 Å². The molecule has 0 saturated carbocycles. The molecule has 2 rings (SSSR count). The maximum Gasteiger partial charge on any atom is 0.0858 e. The van der Waals surface area contributed by atoms with E-state index in [1.54, 1.807) is 0 Å². The Morgan fingerprint density at radius 3 is 2.29 bits per heavy atom. The molecule has 0 amide bonds.